The molecule has 4 heteroatoms. The number of hydrogen-bond acceptors (Lipinski definition) is 3. The van der Waals surface area contributed by atoms with Gasteiger partial charge in [-0.2, -0.15) is 16.9 Å². The molecule has 3 rings (SSSR count). The molecule has 0 spiro atoms. The fourth-order valence-corrected chi connectivity index (χ4v) is 3.12. The standard InChI is InChI=1S/C11H13N3S/c1-8-4-5-10-12-11(13-14(10)7-8)9-3-2-6-15-9/h4-5,7,9H,2-3,6H2,1H3. The predicted molar refractivity (Wildman–Crippen MR) is 62.2 cm³/mol. The Hall–Kier alpha value is -1.03. The van der Waals surface area contributed by atoms with Crippen LogP contribution in [0.25, 0.3) is 5.65 Å². The number of thioether (sulfide) groups is 1. The average Bonchev–Trinajstić information content (AvgIpc) is 2.84. The average molecular weight is 219 g/mol. The fourth-order valence-electron chi connectivity index (χ4n) is 1.92. The Balaban J connectivity index is 2.05. The van der Waals surface area contributed by atoms with Crippen LogP contribution in [0.1, 0.15) is 29.5 Å². The van der Waals surface area contributed by atoms with Gasteiger partial charge in [0, 0.05) is 6.20 Å². The first-order valence-electron chi connectivity index (χ1n) is 5.27. The number of aryl methyl sites for hydroxylation is 1. The summed E-state index contributed by atoms with van der Waals surface area (Å²) in [6.07, 6.45) is 4.55. The molecule has 0 bridgehead atoms. The summed E-state index contributed by atoms with van der Waals surface area (Å²) >= 11 is 1.98. The summed E-state index contributed by atoms with van der Waals surface area (Å²) in [7, 11) is 0. The Labute approximate surface area is 92.9 Å². The first kappa shape index (κ1) is 9.21. The van der Waals surface area contributed by atoms with Crippen LogP contribution in [-0.2, 0) is 0 Å². The van der Waals surface area contributed by atoms with Crippen molar-refractivity contribution in [3.8, 4) is 0 Å². The molecule has 1 unspecified atom stereocenters. The van der Waals surface area contributed by atoms with Crippen LogP contribution in [0.4, 0.5) is 0 Å². The first-order chi connectivity index (χ1) is 7.33. The van der Waals surface area contributed by atoms with Crippen molar-refractivity contribution >= 4 is 17.4 Å². The molecule has 0 radical (unpaired) electrons. The van der Waals surface area contributed by atoms with Crippen LogP contribution in [-0.4, -0.2) is 20.4 Å². The Morgan fingerprint density at radius 1 is 1.47 bits per heavy atom. The summed E-state index contributed by atoms with van der Waals surface area (Å²) in [5, 5.41) is 5.06. The van der Waals surface area contributed by atoms with E-state index in [9.17, 15) is 0 Å². The van der Waals surface area contributed by atoms with E-state index in [0.29, 0.717) is 5.25 Å². The Kier molecular flexibility index (Phi) is 2.16. The maximum absolute atomic E-state index is 4.57. The molecule has 3 nitrogen and oxygen atoms in total. The maximum Gasteiger partial charge on any atom is 0.164 e. The molecule has 2 aromatic heterocycles. The Bertz CT molecular complexity index is 486. The van der Waals surface area contributed by atoms with E-state index in [-0.39, 0.29) is 0 Å². The lowest BCUT2D eigenvalue weighted by Crippen LogP contribution is -1.92. The van der Waals surface area contributed by atoms with E-state index >= 15 is 0 Å². The summed E-state index contributed by atoms with van der Waals surface area (Å²) in [4.78, 5) is 4.57. The van der Waals surface area contributed by atoms with Crippen LogP contribution in [0, 0.1) is 6.92 Å². The molecule has 1 atom stereocenters. The summed E-state index contributed by atoms with van der Waals surface area (Å²) in [5.41, 5.74) is 2.18. The van der Waals surface area contributed by atoms with Gasteiger partial charge in [-0.05, 0) is 37.1 Å². The zero-order chi connectivity index (χ0) is 10.3. The molecule has 0 aromatic carbocycles. The topological polar surface area (TPSA) is 30.2 Å². The SMILES string of the molecule is Cc1ccc2nc(C3CCCS3)nn2c1. The van der Waals surface area contributed by atoms with Crippen molar-refractivity contribution in [2.45, 2.75) is 25.0 Å². The molecular weight excluding hydrogens is 206 g/mol. The number of pyridine rings is 1. The molecule has 0 N–H and O–H groups in total. The number of aromatic nitrogens is 3. The van der Waals surface area contributed by atoms with Gasteiger partial charge in [-0.1, -0.05) is 6.07 Å². The number of nitrogens with zero attached hydrogens (tertiary/aromatic N) is 3. The lowest BCUT2D eigenvalue weighted by Gasteiger charge is -1.99. The van der Waals surface area contributed by atoms with E-state index in [0.717, 1.165) is 11.5 Å². The predicted octanol–water partition coefficient (Wildman–Crippen LogP) is 2.61. The van der Waals surface area contributed by atoms with Crippen LogP contribution in [0.2, 0.25) is 0 Å². The highest BCUT2D eigenvalue weighted by Crippen LogP contribution is 2.38. The minimum absolute atomic E-state index is 0.519. The monoisotopic (exact) mass is 219 g/mol. The lowest BCUT2D eigenvalue weighted by molar-refractivity contribution is 0.770. The minimum Gasteiger partial charge on any atom is -0.221 e. The molecule has 1 saturated heterocycles. The Morgan fingerprint density at radius 3 is 3.20 bits per heavy atom. The molecule has 0 amide bonds. The molecule has 2 aromatic rings. The van der Waals surface area contributed by atoms with Gasteiger partial charge >= 0.3 is 0 Å². The first-order valence-corrected chi connectivity index (χ1v) is 6.32. The quantitative estimate of drug-likeness (QED) is 0.738. The molecule has 15 heavy (non-hydrogen) atoms. The molecular formula is C11H13N3S. The van der Waals surface area contributed by atoms with Crippen molar-refractivity contribution in [2.75, 3.05) is 5.75 Å². The minimum atomic E-state index is 0.519. The van der Waals surface area contributed by atoms with Crippen molar-refractivity contribution in [1.29, 1.82) is 0 Å². The second kappa shape index (κ2) is 3.52. The summed E-state index contributed by atoms with van der Waals surface area (Å²) in [6.45, 7) is 2.07. The van der Waals surface area contributed by atoms with Crippen molar-refractivity contribution in [1.82, 2.24) is 14.6 Å². The molecule has 78 valence electrons. The highest BCUT2D eigenvalue weighted by Gasteiger charge is 2.21. The highest BCUT2D eigenvalue weighted by atomic mass is 32.2. The largest absolute Gasteiger partial charge is 0.221 e. The number of fused-ring (bicyclic) bond motifs is 1. The van der Waals surface area contributed by atoms with E-state index in [2.05, 4.69) is 23.1 Å². The summed E-state index contributed by atoms with van der Waals surface area (Å²) in [6, 6.07) is 4.11. The van der Waals surface area contributed by atoms with Gasteiger partial charge in [0.25, 0.3) is 0 Å². The molecule has 1 aliphatic rings. The van der Waals surface area contributed by atoms with Crippen molar-refractivity contribution in [3.63, 3.8) is 0 Å². The fraction of sp³-hybridized carbons (Fsp3) is 0.455. The van der Waals surface area contributed by atoms with E-state index in [1.807, 2.05) is 28.5 Å². The van der Waals surface area contributed by atoms with Gasteiger partial charge < -0.3 is 0 Å². The van der Waals surface area contributed by atoms with Crippen LogP contribution in [0.15, 0.2) is 18.3 Å². The van der Waals surface area contributed by atoms with Gasteiger partial charge in [0.2, 0.25) is 0 Å². The van der Waals surface area contributed by atoms with Gasteiger partial charge in [0.05, 0.1) is 5.25 Å². The molecule has 1 fully saturated rings. The van der Waals surface area contributed by atoms with Gasteiger partial charge in [-0.3, -0.25) is 0 Å². The van der Waals surface area contributed by atoms with Gasteiger partial charge in [0.1, 0.15) is 0 Å². The van der Waals surface area contributed by atoms with E-state index in [4.69, 9.17) is 0 Å². The third-order valence-electron chi connectivity index (χ3n) is 2.71. The smallest absolute Gasteiger partial charge is 0.164 e. The molecule has 0 saturated carbocycles. The van der Waals surface area contributed by atoms with E-state index in [1.165, 1.54) is 24.2 Å². The number of hydrogen-bond donors (Lipinski definition) is 0. The van der Waals surface area contributed by atoms with E-state index < -0.39 is 0 Å². The van der Waals surface area contributed by atoms with Crippen LogP contribution in [0.5, 0.6) is 0 Å². The second-order valence-corrected chi connectivity index (χ2v) is 5.29. The highest BCUT2D eigenvalue weighted by molar-refractivity contribution is 7.99. The normalized spacial score (nSPS) is 21.3. The maximum atomic E-state index is 4.57. The molecule has 3 heterocycles. The third-order valence-corrected chi connectivity index (χ3v) is 4.09. The number of rotatable bonds is 1. The zero-order valence-corrected chi connectivity index (χ0v) is 9.50. The van der Waals surface area contributed by atoms with Crippen molar-refractivity contribution in [2.24, 2.45) is 0 Å². The van der Waals surface area contributed by atoms with Gasteiger partial charge in [-0.25, -0.2) is 9.50 Å². The molecule has 0 aliphatic carbocycles. The zero-order valence-electron chi connectivity index (χ0n) is 8.68. The molecule has 1 aliphatic heterocycles. The Morgan fingerprint density at radius 2 is 2.40 bits per heavy atom. The van der Waals surface area contributed by atoms with Crippen molar-refractivity contribution in [3.05, 3.63) is 29.7 Å². The summed E-state index contributed by atoms with van der Waals surface area (Å²) in [5.74, 6) is 2.25. The van der Waals surface area contributed by atoms with Gasteiger partial charge in [-0.15, -0.1) is 0 Å². The summed E-state index contributed by atoms with van der Waals surface area (Å²) < 4.78 is 1.89. The lowest BCUT2D eigenvalue weighted by atomic mass is 10.2. The van der Waals surface area contributed by atoms with E-state index in [1.54, 1.807) is 0 Å². The van der Waals surface area contributed by atoms with Crippen LogP contribution in [0.3, 0.4) is 0 Å². The second-order valence-electron chi connectivity index (χ2n) is 3.98. The van der Waals surface area contributed by atoms with Crippen LogP contribution >= 0.6 is 11.8 Å². The van der Waals surface area contributed by atoms with Crippen LogP contribution < -0.4 is 0 Å². The third kappa shape index (κ3) is 1.63. The van der Waals surface area contributed by atoms with Crippen molar-refractivity contribution < 1.29 is 0 Å². The van der Waals surface area contributed by atoms with Gasteiger partial charge in [0.15, 0.2) is 11.5 Å².